The second kappa shape index (κ2) is 5.87. The van der Waals surface area contributed by atoms with Crippen LogP contribution in [0.5, 0.6) is 0 Å². The van der Waals surface area contributed by atoms with Crippen molar-refractivity contribution in [1.29, 1.82) is 0 Å². The molecule has 0 saturated heterocycles. The number of fused-ring (bicyclic) bond motifs is 2. The van der Waals surface area contributed by atoms with Gasteiger partial charge in [0.05, 0.1) is 5.39 Å². The fourth-order valence-electron chi connectivity index (χ4n) is 2.89. The third-order valence-electron chi connectivity index (χ3n) is 4.05. The Labute approximate surface area is 142 Å². The van der Waals surface area contributed by atoms with Crippen molar-refractivity contribution in [2.24, 2.45) is 0 Å². The summed E-state index contributed by atoms with van der Waals surface area (Å²) in [5.74, 6) is 0.441. The van der Waals surface area contributed by atoms with Crippen LogP contribution in [0.25, 0.3) is 33.5 Å². The predicted molar refractivity (Wildman–Crippen MR) is 97.7 cm³/mol. The molecule has 0 spiro atoms. The van der Waals surface area contributed by atoms with E-state index in [1.165, 1.54) is 4.57 Å². The molecule has 4 rings (SSSR count). The van der Waals surface area contributed by atoms with Gasteiger partial charge in [-0.2, -0.15) is 4.98 Å². The highest BCUT2D eigenvalue weighted by molar-refractivity contribution is 5.88. The summed E-state index contributed by atoms with van der Waals surface area (Å²) in [5, 5.41) is 0.326. The quantitative estimate of drug-likeness (QED) is 0.427. The summed E-state index contributed by atoms with van der Waals surface area (Å²) in [6.45, 7) is 3.94. The fourth-order valence-corrected chi connectivity index (χ4v) is 2.89. The second-order valence-electron chi connectivity index (χ2n) is 5.61. The minimum Gasteiger partial charge on any atom is -0.437 e. The molecule has 4 aromatic rings. The number of nitrogens with zero attached hydrogens (tertiary/aromatic N) is 2. The van der Waals surface area contributed by atoms with Crippen LogP contribution in [0.4, 0.5) is 0 Å². The van der Waals surface area contributed by atoms with E-state index >= 15 is 0 Å². The molecular weight excluding hydrogens is 316 g/mol. The van der Waals surface area contributed by atoms with Crippen molar-refractivity contribution in [2.75, 3.05) is 0 Å². The first-order chi connectivity index (χ1) is 12.2. The van der Waals surface area contributed by atoms with Crippen LogP contribution in [0.15, 0.2) is 81.3 Å². The van der Waals surface area contributed by atoms with E-state index in [1.54, 1.807) is 30.3 Å². The largest absolute Gasteiger partial charge is 0.437 e. The van der Waals surface area contributed by atoms with E-state index < -0.39 is 5.56 Å². The Balaban J connectivity index is 2.19. The lowest BCUT2D eigenvalue weighted by molar-refractivity contribution is 0.636. The molecule has 122 valence electrons. The SMILES string of the molecule is C=CCn1c(-c2ccccc2)nc2oc3ccccc3c(=O)c2c1=O. The summed E-state index contributed by atoms with van der Waals surface area (Å²) in [6.07, 6.45) is 1.60. The van der Waals surface area contributed by atoms with Gasteiger partial charge in [-0.25, -0.2) is 0 Å². The Morgan fingerprint density at radius 3 is 2.52 bits per heavy atom. The van der Waals surface area contributed by atoms with E-state index in [1.807, 2.05) is 30.3 Å². The van der Waals surface area contributed by atoms with E-state index in [-0.39, 0.29) is 23.1 Å². The Morgan fingerprint density at radius 2 is 1.76 bits per heavy atom. The van der Waals surface area contributed by atoms with Gasteiger partial charge in [0.15, 0.2) is 5.39 Å². The topological polar surface area (TPSA) is 65.1 Å². The summed E-state index contributed by atoms with van der Waals surface area (Å²) in [6, 6.07) is 16.2. The van der Waals surface area contributed by atoms with E-state index in [9.17, 15) is 9.59 Å². The number of rotatable bonds is 3. The highest BCUT2D eigenvalue weighted by atomic mass is 16.3. The average Bonchev–Trinajstić information content (AvgIpc) is 2.64. The van der Waals surface area contributed by atoms with Gasteiger partial charge in [0, 0.05) is 12.1 Å². The number of para-hydroxylation sites is 1. The zero-order valence-corrected chi connectivity index (χ0v) is 13.3. The van der Waals surface area contributed by atoms with Crippen LogP contribution in [0, 0.1) is 0 Å². The second-order valence-corrected chi connectivity index (χ2v) is 5.61. The molecule has 0 unspecified atom stereocenters. The van der Waals surface area contributed by atoms with Crippen molar-refractivity contribution in [3.63, 3.8) is 0 Å². The van der Waals surface area contributed by atoms with Gasteiger partial charge in [0.1, 0.15) is 11.4 Å². The third-order valence-corrected chi connectivity index (χ3v) is 4.05. The minimum absolute atomic E-state index is 0.0415. The Hall–Kier alpha value is -3.47. The zero-order valence-electron chi connectivity index (χ0n) is 13.3. The molecule has 0 aliphatic carbocycles. The molecule has 2 aromatic heterocycles. The smallest absolute Gasteiger partial charge is 0.269 e. The highest BCUT2D eigenvalue weighted by Gasteiger charge is 2.17. The maximum Gasteiger partial charge on any atom is 0.269 e. The van der Waals surface area contributed by atoms with Crippen molar-refractivity contribution >= 4 is 22.1 Å². The number of aromatic nitrogens is 2. The molecule has 0 atom stereocenters. The van der Waals surface area contributed by atoms with Gasteiger partial charge in [-0.15, -0.1) is 6.58 Å². The fraction of sp³-hybridized carbons (Fsp3) is 0.0500. The monoisotopic (exact) mass is 330 g/mol. The molecule has 0 bridgehead atoms. The third kappa shape index (κ3) is 2.37. The lowest BCUT2D eigenvalue weighted by Gasteiger charge is -2.11. The number of hydrogen-bond donors (Lipinski definition) is 0. The van der Waals surface area contributed by atoms with Crippen LogP contribution in [0.3, 0.4) is 0 Å². The van der Waals surface area contributed by atoms with Crippen molar-refractivity contribution in [2.45, 2.75) is 6.54 Å². The van der Waals surface area contributed by atoms with E-state index in [0.29, 0.717) is 16.8 Å². The standard InChI is InChI=1S/C20H14N2O3/c1-2-12-22-18(13-8-4-3-5-9-13)21-19-16(20(22)24)17(23)14-10-6-7-11-15(14)25-19/h2-11H,1,12H2. The summed E-state index contributed by atoms with van der Waals surface area (Å²) in [7, 11) is 0. The summed E-state index contributed by atoms with van der Waals surface area (Å²) >= 11 is 0. The van der Waals surface area contributed by atoms with Gasteiger partial charge in [-0.05, 0) is 12.1 Å². The van der Waals surface area contributed by atoms with Crippen molar-refractivity contribution < 1.29 is 4.42 Å². The first kappa shape index (κ1) is 15.1. The van der Waals surface area contributed by atoms with E-state index in [0.717, 1.165) is 5.56 Å². The van der Waals surface area contributed by atoms with Gasteiger partial charge in [0.2, 0.25) is 11.1 Å². The molecule has 5 heteroatoms. The normalized spacial score (nSPS) is 11.0. The number of allylic oxidation sites excluding steroid dienone is 1. The molecule has 0 saturated carbocycles. The summed E-state index contributed by atoms with van der Waals surface area (Å²) in [4.78, 5) is 30.3. The van der Waals surface area contributed by atoms with Gasteiger partial charge < -0.3 is 4.42 Å². The van der Waals surface area contributed by atoms with Crippen molar-refractivity contribution in [3.8, 4) is 11.4 Å². The number of hydrogen-bond acceptors (Lipinski definition) is 4. The van der Waals surface area contributed by atoms with Crippen LogP contribution in [0.2, 0.25) is 0 Å². The summed E-state index contributed by atoms with van der Waals surface area (Å²) in [5.41, 5.74) is 0.425. The first-order valence-corrected chi connectivity index (χ1v) is 7.83. The average molecular weight is 330 g/mol. The Kier molecular flexibility index (Phi) is 3.54. The Morgan fingerprint density at radius 1 is 1.04 bits per heavy atom. The molecule has 0 aliphatic rings. The van der Waals surface area contributed by atoms with Crippen molar-refractivity contribution in [3.05, 3.63) is 87.8 Å². The molecule has 0 amide bonds. The van der Waals surface area contributed by atoms with Gasteiger partial charge in [-0.1, -0.05) is 48.5 Å². The van der Waals surface area contributed by atoms with Gasteiger partial charge >= 0.3 is 0 Å². The van der Waals surface area contributed by atoms with Gasteiger partial charge in [0.25, 0.3) is 5.56 Å². The molecular formula is C20H14N2O3. The molecule has 25 heavy (non-hydrogen) atoms. The van der Waals surface area contributed by atoms with Crippen LogP contribution < -0.4 is 11.0 Å². The van der Waals surface area contributed by atoms with E-state index in [2.05, 4.69) is 11.6 Å². The lowest BCUT2D eigenvalue weighted by atomic mass is 10.1. The molecule has 2 heterocycles. The van der Waals surface area contributed by atoms with Crippen LogP contribution in [0.1, 0.15) is 0 Å². The molecule has 0 aliphatic heterocycles. The van der Waals surface area contributed by atoms with Crippen LogP contribution in [-0.2, 0) is 6.54 Å². The molecule has 0 N–H and O–H groups in total. The molecule has 2 aromatic carbocycles. The summed E-state index contributed by atoms with van der Waals surface area (Å²) < 4.78 is 7.19. The van der Waals surface area contributed by atoms with Crippen LogP contribution in [-0.4, -0.2) is 9.55 Å². The molecule has 0 radical (unpaired) electrons. The highest BCUT2D eigenvalue weighted by Crippen LogP contribution is 2.20. The zero-order chi connectivity index (χ0) is 17.4. The molecule has 0 fully saturated rings. The van der Waals surface area contributed by atoms with E-state index in [4.69, 9.17) is 4.42 Å². The first-order valence-electron chi connectivity index (χ1n) is 7.83. The predicted octanol–water partition coefficient (Wildman–Crippen LogP) is 3.36. The molecule has 5 nitrogen and oxygen atoms in total. The Bertz CT molecular complexity index is 1220. The van der Waals surface area contributed by atoms with Crippen molar-refractivity contribution in [1.82, 2.24) is 9.55 Å². The lowest BCUT2D eigenvalue weighted by Crippen LogP contribution is -2.27. The van der Waals surface area contributed by atoms with Crippen LogP contribution >= 0.6 is 0 Å². The maximum atomic E-state index is 13.0. The van der Waals surface area contributed by atoms with Gasteiger partial charge in [-0.3, -0.25) is 14.2 Å². The minimum atomic E-state index is -0.428. The maximum absolute atomic E-state index is 13.0. The number of benzene rings is 2.